The molecule has 6 heteroatoms. The Balaban J connectivity index is 1.97. The Morgan fingerprint density at radius 1 is 1.35 bits per heavy atom. The van der Waals surface area contributed by atoms with Crippen molar-refractivity contribution < 1.29 is 14.3 Å². The molecular weight excluding hydrogens is 312 g/mol. The molecule has 0 aromatic heterocycles. The summed E-state index contributed by atoms with van der Waals surface area (Å²) < 4.78 is 10.8. The van der Waals surface area contributed by atoms with Crippen LogP contribution >= 0.6 is 11.8 Å². The number of ether oxygens (including phenoxy) is 2. The predicted octanol–water partition coefficient (Wildman–Crippen LogP) is 2.59. The molecule has 0 aliphatic carbocycles. The zero-order valence-corrected chi connectivity index (χ0v) is 14.9. The maximum atomic E-state index is 12.1. The van der Waals surface area contributed by atoms with Gasteiger partial charge in [0.15, 0.2) is 5.90 Å². The molecule has 1 aliphatic heterocycles. The molecule has 1 aromatic rings. The molecule has 0 saturated heterocycles. The fourth-order valence-corrected chi connectivity index (χ4v) is 3.56. The van der Waals surface area contributed by atoms with Gasteiger partial charge in [-0.05, 0) is 31.0 Å². The third kappa shape index (κ3) is 4.64. The summed E-state index contributed by atoms with van der Waals surface area (Å²) in [6.07, 6.45) is 0.702. The average molecular weight is 336 g/mol. The van der Waals surface area contributed by atoms with Crippen molar-refractivity contribution in [2.24, 2.45) is 4.99 Å². The lowest BCUT2D eigenvalue weighted by Crippen LogP contribution is -2.31. The summed E-state index contributed by atoms with van der Waals surface area (Å²) in [6, 6.07) is 7.71. The van der Waals surface area contributed by atoms with Crippen molar-refractivity contribution in [1.82, 2.24) is 4.90 Å². The summed E-state index contributed by atoms with van der Waals surface area (Å²) >= 11 is 1.76. The third-order valence-electron chi connectivity index (χ3n) is 3.62. The lowest BCUT2D eigenvalue weighted by molar-refractivity contribution is -0.129. The highest BCUT2D eigenvalue weighted by Gasteiger charge is 2.34. The standard InChI is InChI=1S/C17H24N2O3S/c1-5-22-16-15(10-14(18-16)17(20)19(2)3)23-11-12-6-8-13(21-4)9-7-12/h6-9,14-15H,5,10-11H2,1-4H3/t14-,15+/m0/s1. The second-order valence-corrected chi connectivity index (χ2v) is 6.72. The molecule has 1 heterocycles. The van der Waals surface area contributed by atoms with E-state index in [1.807, 2.05) is 19.1 Å². The van der Waals surface area contributed by atoms with Gasteiger partial charge in [-0.15, -0.1) is 11.8 Å². The summed E-state index contributed by atoms with van der Waals surface area (Å²) in [5.74, 6) is 2.44. The van der Waals surface area contributed by atoms with Crippen LogP contribution in [0.25, 0.3) is 0 Å². The molecule has 0 bridgehead atoms. The number of likely N-dealkylation sites (N-methyl/N-ethyl adjacent to an activating group) is 1. The molecule has 126 valence electrons. The quantitative estimate of drug-likeness (QED) is 0.801. The first-order chi connectivity index (χ1) is 11.0. The number of benzene rings is 1. The Labute approximate surface area is 142 Å². The summed E-state index contributed by atoms with van der Waals surface area (Å²) in [7, 11) is 5.18. The molecule has 0 N–H and O–H groups in total. The zero-order valence-electron chi connectivity index (χ0n) is 14.1. The van der Waals surface area contributed by atoms with Crippen molar-refractivity contribution in [3.8, 4) is 5.75 Å². The molecule has 0 fully saturated rings. The maximum Gasteiger partial charge on any atom is 0.247 e. The predicted molar refractivity (Wildman–Crippen MR) is 94.2 cm³/mol. The van der Waals surface area contributed by atoms with E-state index in [0.29, 0.717) is 18.9 Å². The second kappa shape index (κ2) is 8.24. The van der Waals surface area contributed by atoms with Gasteiger partial charge in [-0.25, -0.2) is 4.99 Å². The largest absolute Gasteiger partial charge is 0.497 e. The topological polar surface area (TPSA) is 51.1 Å². The number of methoxy groups -OCH3 is 1. The van der Waals surface area contributed by atoms with E-state index in [1.54, 1.807) is 37.9 Å². The van der Waals surface area contributed by atoms with Gasteiger partial charge in [0.2, 0.25) is 5.91 Å². The van der Waals surface area contributed by atoms with Crippen molar-refractivity contribution in [2.45, 2.75) is 30.4 Å². The number of carbonyl (C=O) groups excluding carboxylic acids is 1. The summed E-state index contributed by atoms with van der Waals surface area (Å²) in [5.41, 5.74) is 1.22. The SMILES string of the molecule is CCOC1=N[C@H](C(=O)N(C)C)C[C@H]1SCc1ccc(OC)cc1. The van der Waals surface area contributed by atoms with Crippen LogP contribution in [-0.4, -0.2) is 55.8 Å². The smallest absolute Gasteiger partial charge is 0.247 e. The van der Waals surface area contributed by atoms with E-state index in [9.17, 15) is 4.79 Å². The highest BCUT2D eigenvalue weighted by molar-refractivity contribution is 7.99. The number of hydrogen-bond donors (Lipinski definition) is 0. The van der Waals surface area contributed by atoms with E-state index in [0.717, 1.165) is 11.5 Å². The lowest BCUT2D eigenvalue weighted by Gasteiger charge is -2.15. The number of nitrogens with zero attached hydrogens (tertiary/aromatic N) is 2. The number of rotatable bonds is 6. The van der Waals surface area contributed by atoms with Gasteiger partial charge in [0, 0.05) is 19.8 Å². The molecule has 2 rings (SSSR count). The average Bonchev–Trinajstić information content (AvgIpc) is 2.96. The molecule has 2 atom stereocenters. The van der Waals surface area contributed by atoms with Crippen LogP contribution in [0.3, 0.4) is 0 Å². The van der Waals surface area contributed by atoms with Gasteiger partial charge in [-0.1, -0.05) is 12.1 Å². The van der Waals surface area contributed by atoms with Gasteiger partial charge in [-0.2, -0.15) is 0 Å². The van der Waals surface area contributed by atoms with E-state index < -0.39 is 0 Å². The first-order valence-electron chi connectivity index (χ1n) is 7.71. The van der Waals surface area contributed by atoms with E-state index >= 15 is 0 Å². The van der Waals surface area contributed by atoms with Gasteiger partial charge >= 0.3 is 0 Å². The molecule has 0 spiro atoms. The molecule has 1 aliphatic rings. The van der Waals surface area contributed by atoms with Gasteiger partial charge in [0.05, 0.1) is 19.0 Å². The number of hydrogen-bond acceptors (Lipinski definition) is 5. The summed E-state index contributed by atoms with van der Waals surface area (Å²) in [6.45, 7) is 2.51. The Morgan fingerprint density at radius 3 is 2.61 bits per heavy atom. The van der Waals surface area contributed by atoms with Gasteiger partial charge < -0.3 is 14.4 Å². The molecule has 0 saturated carbocycles. The van der Waals surface area contributed by atoms with Crippen LogP contribution in [0.15, 0.2) is 29.3 Å². The van der Waals surface area contributed by atoms with Gasteiger partial charge in [0.1, 0.15) is 11.8 Å². The van der Waals surface area contributed by atoms with Crippen molar-refractivity contribution >= 4 is 23.6 Å². The number of thioether (sulfide) groups is 1. The van der Waals surface area contributed by atoms with Crippen molar-refractivity contribution in [1.29, 1.82) is 0 Å². The van der Waals surface area contributed by atoms with E-state index in [-0.39, 0.29) is 17.2 Å². The van der Waals surface area contributed by atoms with Crippen molar-refractivity contribution in [3.63, 3.8) is 0 Å². The Bertz CT molecular complexity index is 557. The van der Waals surface area contributed by atoms with Gasteiger partial charge in [-0.3, -0.25) is 4.79 Å². The zero-order chi connectivity index (χ0) is 16.8. The van der Waals surface area contributed by atoms with Gasteiger partial charge in [0.25, 0.3) is 0 Å². The fraction of sp³-hybridized carbons (Fsp3) is 0.529. The van der Waals surface area contributed by atoms with Crippen LogP contribution in [-0.2, 0) is 15.3 Å². The van der Waals surface area contributed by atoms with E-state index in [1.165, 1.54) is 5.56 Å². The highest BCUT2D eigenvalue weighted by Crippen LogP contribution is 2.30. The minimum atomic E-state index is -0.320. The highest BCUT2D eigenvalue weighted by atomic mass is 32.2. The van der Waals surface area contributed by atoms with Crippen molar-refractivity contribution in [2.75, 3.05) is 27.8 Å². The number of amides is 1. The van der Waals surface area contributed by atoms with Crippen LogP contribution in [0.2, 0.25) is 0 Å². The van der Waals surface area contributed by atoms with Crippen LogP contribution < -0.4 is 4.74 Å². The molecule has 1 amide bonds. The molecule has 5 nitrogen and oxygen atoms in total. The molecule has 0 unspecified atom stereocenters. The first kappa shape index (κ1) is 17.7. The normalized spacial score (nSPS) is 20.1. The molecule has 23 heavy (non-hydrogen) atoms. The Morgan fingerprint density at radius 2 is 2.04 bits per heavy atom. The summed E-state index contributed by atoms with van der Waals surface area (Å²) in [5, 5.41) is 0.131. The third-order valence-corrected chi connectivity index (χ3v) is 4.92. The Kier molecular flexibility index (Phi) is 6.33. The number of carbonyl (C=O) groups is 1. The van der Waals surface area contributed by atoms with Crippen molar-refractivity contribution in [3.05, 3.63) is 29.8 Å². The maximum absolute atomic E-state index is 12.1. The Hall–Kier alpha value is -1.69. The van der Waals surface area contributed by atoms with Crippen LogP contribution in [0.1, 0.15) is 18.9 Å². The molecule has 1 aromatic carbocycles. The molecule has 0 radical (unpaired) electrons. The van der Waals surface area contributed by atoms with E-state index in [4.69, 9.17) is 9.47 Å². The summed E-state index contributed by atoms with van der Waals surface area (Å²) in [4.78, 5) is 18.2. The monoisotopic (exact) mass is 336 g/mol. The number of aliphatic imine (C=N–C) groups is 1. The lowest BCUT2D eigenvalue weighted by atomic mass is 10.2. The minimum absolute atomic E-state index is 0.0368. The first-order valence-corrected chi connectivity index (χ1v) is 8.76. The second-order valence-electron chi connectivity index (χ2n) is 5.53. The van der Waals surface area contributed by atoms with Crippen LogP contribution in [0.5, 0.6) is 5.75 Å². The minimum Gasteiger partial charge on any atom is -0.497 e. The van der Waals surface area contributed by atoms with Crippen LogP contribution in [0.4, 0.5) is 0 Å². The fourth-order valence-electron chi connectivity index (χ4n) is 2.38. The van der Waals surface area contributed by atoms with E-state index in [2.05, 4.69) is 17.1 Å². The molecular formula is C17H24N2O3S. The van der Waals surface area contributed by atoms with Crippen LogP contribution in [0, 0.1) is 0 Å².